The first-order valence-corrected chi connectivity index (χ1v) is 9.05. The molecular weight excluding hydrogens is 328 g/mol. The molecule has 2 nitrogen and oxygen atoms in total. The van der Waals surface area contributed by atoms with E-state index in [2.05, 4.69) is 11.8 Å². The number of hydrogen-bond acceptors (Lipinski definition) is 2. The van der Waals surface area contributed by atoms with Gasteiger partial charge in [-0.05, 0) is 24.3 Å². The Bertz CT molecular complexity index is 1010. The summed E-state index contributed by atoms with van der Waals surface area (Å²) < 4.78 is 25.2. The number of rotatable bonds is 2. The van der Waals surface area contributed by atoms with Gasteiger partial charge in [-0.1, -0.05) is 65.9 Å². The van der Waals surface area contributed by atoms with Crippen molar-refractivity contribution < 1.29 is 8.42 Å². The zero-order chi connectivity index (χ0) is 16.3. The predicted octanol–water partition coefficient (Wildman–Crippen LogP) is 4.32. The monoisotopic (exact) mass is 340 g/mol. The fraction of sp³-hybridized carbons (Fsp3) is 0.0526. The number of benzene rings is 3. The fourth-order valence-corrected chi connectivity index (χ4v) is 3.77. The van der Waals surface area contributed by atoms with Gasteiger partial charge in [0.2, 0.25) is 0 Å². The molecule has 0 aliphatic carbocycles. The van der Waals surface area contributed by atoms with E-state index in [1.54, 1.807) is 24.3 Å². The van der Waals surface area contributed by atoms with E-state index in [1.807, 2.05) is 42.5 Å². The van der Waals surface area contributed by atoms with E-state index >= 15 is 0 Å². The Hall–Kier alpha value is -2.28. The van der Waals surface area contributed by atoms with Gasteiger partial charge in [0, 0.05) is 21.4 Å². The van der Waals surface area contributed by atoms with Crippen LogP contribution in [0.5, 0.6) is 0 Å². The largest absolute Gasteiger partial charge is 0.223 e. The van der Waals surface area contributed by atoms with Gasteiger partial charge in [0.1, 0.15) is 5.75 Å². The highest BCUT2D eigenvalue weighted by atomic mass is 35.5. The zero-order valence-electron chi connectivity index (χ0n) is 12.2. The second-order valence-electron chi connectivity index (χ2n) is 5.02. The number of sulfone groups is 1. The molecule has 0 N–H and O–H groups in total. The fourth-order valence-electron chi connectivity index (χ4n) is 2.34. The lowest BCUT2D eigenvalue weighted by Crippen LogP contribution is -2.06. The maximum atomic E-state index is 12.6. The van der Waals surface area contributed by atoms with E-state index in [0.717, 1.165) is 10.9 Å². The second kappa shape index (κ2) is 6.45. The van der Waals surface area contributed by atoms with Crippen LogP contribution in [0.1, 0.15) is 5.56 Å². The summed E-state index contributed by atoms with van der Waals surface area (Å²) in [5.41, 5.74) is 0.795. The van der Waals surface area contributed by atoms with E-state index in [0.29, 0.717) is 10.4 Å². The second-order valence-corrected chi connectivity index (χ2v) is 7.38. The quantitative estimate of drug-likeness (QED) is 0.651. The van der Waals surface area contributed by atoms with E-state index in [-0.39, 0.29) is 10.6 Å². The molecule has 3 aromatic rings. The normalized spacial score (nSPS) is 11.0. The molecule has 0 saturated carbocycles. The number of halogens is 1. The topological polar surface area (TPSA) is 34.1 Å². The third-order valence-electron chi connectivity index (χ3n) is 3.43. The molecule has 0 radical (unpaired) electrons. The molecule has 0 unspecified atom stereocenters. The van der Waals surface area contributed by atoms with E-state index < -0.39 is 9.84 Å². The van der Waals surface area contributed by atoms with Crippen LogP contribution in [0.15, 0.2) is 71.6 Å². The van der Waals surface area contributed by atoms with Crippen molar-refractivity contribution in [1.82, 2.24) is 0 Å². The summed E-state index contributed by atoms with van der Waals surface area (Å²) in [5, 5.41) is 1.89. The van der Waals surface area contributed by atoms with Crippen LogP contribution < -0.4 is 0 Å². The van der Waals surface area contributed by atoms with E-state index in [9.17, 15) is 8.42 Å². The number of fused-ring (bicyclic) bond motifs is 1. The summed E-state index contributed by atoms with van der Waals surface area (Å²) in [6, 6.07) is 19.7. The molecule has 0 spiro atoms. The lowest BCUT2D eigenvalue weighted by molar-refractivity contribution is 0.600. The molecule has 114 valence electrons. The van der Waals surface area contributed by atoms with Crippen molar-refractivity contribution >= 4 is 32.2 Å². The minimum Gasteiger partial charge on any atom is -0.223 e. The Morgan fingerprint density at radius 2 is 1.48 bits per heavy atom. The average Bonchev–Trinajstić information content (AvgIpc) is 2.56. The van der Waals surface area contributed by atoms with Gasteiger partial charge in [0.25, 0.3) is 0 Å². The summed E-state index contributed by atoms with van der Waals surface area (Å²) in [5.74, 6) is 5.39. The molecule has 0 heterocycles. The molecule has 3 aromatic carbocycles. The predicted molar refractivity (Wildman–Crippen MR) is 94.3 cm³/mol. The van der Waals surface area contributed by atoms with Crippen LogP contribution in [0.25, 0.3) is 10.8 Å². The number of hydrogen-bond donors (Lipinski definition) is 0. The highest BCUT2D eigenvalue weighted by molar-refractivity contribution is 7.91. The molecule has 0 bridgehead atoms. The first kappa shape index (κ1) is 15.6. The van der Waals surface area contributed by atoms with Crippen molar-refractivity contribution in [2.24, 2.45) is 0 Å². The van der Waals surface area contributed by atoms with Crippen LogP contribution in [0.3, 0.4) is 0 Å². The third-order valence-corrected chi connectivity index (χ3v) is 5.31. The Morgan fingerprint density at radius 3 is 2.22 bits per heavy atom. The Labute approximate surface area is 140 Å². The van der Waals surface area contributed by atoms with Crippen LogP contribution >= 0.6 is 11.6 Å². The molecule has 0 aromatic heterocycles. The Morgan fingerprint density at radius 1 is 0.826 bits per heavy atom. The standard InChI is InChI=1S/C19H13ClO2S/c20-18-12-13-19(17-11-5-4-10-16(17)18)23(21,22)14-6-9-15-7-2-1-3-8-15/h1-5,7-8,10-13H,14H2. The Balaban J connectivity index is 1.98. The van der Waals surface area contributed by atoms with Gasteiger partial charge in [-0.25, -0.2) is 8.42 Å². The highest BCUT2D eigenvalue weighted by Crippen LogP contribution is 2.29. The van der Waals surface area contributed by atoms with Crippen LogP contribution in [0.4, 0.5) is 0 Å². The lowest BCUT2D eigenvalue weighted by atomic mass is 10.1. The molecular formula is C19H13ClO2S. The van der Waals surface area contributed by atoms with Crippen LogP contribution in [-0.4, -0.2) is 14.2 Å². The smallest absolute Gasteiger partial charge is 0.190 e. The minimum atomic E-state index is -3.51. The highest BCUT2D eigenvalue weighted by Gasteiger charge is 2.17. The van der Waals surface area contributed by atoms with Crippen LogP contribution in [0, 0.1) is 11.8 Å². The molecule has 4 heteroatoms. The summed E-state index contributed by atoms with van der Waals surface area (Å²) in [7, 11) is -3.51. The van der Waals surface area contributed by atoms with Crippen molar-refractivity contribution in [2.45, 2.75) is 4.90 Å². The van der Waals surface area contributed by atoms with Gasteiger partial charge in [-0.15, -0.1) is 0 Å². The molecule has 23 heavy (non-hydrogen) atoms. The van der Waals surface area contributed by atoms with Gasteiger partial charge in [-0.3, -0.25) is 0 Å². The SMILES string of the molecule is O=S(=O)(CC#Cc1ccccc1)c1ccc(Cl)c2ccccc12. The first-order valence-electron chi connectivity index (χ1n) is 7.02. The van der Waals surface area contributed by atoms with Gasteiger partial charge in [-0.2, -0.15) is 0 Å². The maximum absolute atomic E-state index is 12.6. The summed E-state index contributed by atoms with van der Waals surface area (Å²) in [4.78, 5) is 0.264. The van der Waals surface area contributed by atoms with Crippen LogP contribution in [-0.2, 0) is 9.84 Å². The van der Waals surface area contributed by atoms with Gasteiger partial charge >= 0.3 is 0 Å². The van der Waals surface area contributed by atoms with Crippen LogP contribution in [0.2, 0.25) is 5.02 Å². The summed E-state index contributed by atoms with van der Waals surface area (Å²) >= 11 is 6.14. The van der Waals surface area contributed by atoms with E-state index in [1.165, 1.54) is 0 Å². The van der Waals surface area contributed by atoms with Crippen molar-refractivity contribution in [2.75, 3.05) is 5.75 Å². The first-order chi connectivity index (χ1) is 11.1. The molecule has 0 aliphatic heterocycles. The molecule has 0 amide bonds. The van der Waals surface area contributed by atoms with Gasteiger partial charge < -0.3 is 0 Å². The molecule has 0 atom stereocenters. The molecule has 0 aliphatic rings. The van der Waals surface area contributed by atoms with E-state index in [4.69, 9.17) is 11.6 Å². The summed E-state index contributed by atoms with van der Waals surface area (Å²) in [6.07, 6.45) is 0. The Kier molecular flexibility index (Phi) is 4.38. The zero-order valence-corrected chi connectivity index (χ0v) is 13.7. The summed E-state index contributed by atoms with van der Waals surface area (Å²) in [6.45, 7) is 0. The minimum absolute atomic E-state index is 0.229. The third kappa shape index (κ3) is 3.39. The lowest BCUT2D eigenvalue weighted by Gasteiger charge is -2.07. The van der Waals surface area contributed by atoms with Crippen molar-refractivity contribution in [3.63, 3.8) is 0 Å². The van der Waals surface area contributed by atoms with Gasteiger partial charge in [0.15, 0.2) is 9.84 Å². The average molecular weight is 341 g/mol. The maximum Gasteiger partial charge on any atom is 0.190 e. The van der Waals surface area contributed by atoms with Crippen molar-refractivity contribution in [3.8, 4) is 11.8 Å². The molecule has 0 saturated heterocycles. The van der Waals surface area contributed by atoms with Gasteiger partial charge in [0.05, 0.1) is 4.90 Å². The van der Waals surface area contributed by atoms with Crippen molar-refractivity contribution in [3.05, 3.63) is 77.3 Å². The molecule has 3 rings (SSSR count). The molecule has 0 fully saturated rings. The van der Waals surface area contributed by atoms with Crippen molar-refractivity contribution in [1.29, 1.82) is 0 Å².